The first kappa shape index (κ1) is 35.8. The number of rotatable bonds is 7. The van der Waals surface area contributed by atoms with Gasteiger partial charge in [0.2, 0.25) is 0 Å². The average molecular weight is 795 g/mol. The van der Waals surface area contributed by atoms with Gasteiger partial charge >= 0.3 is 0 Å². The standard InChI is InChI=1S/C57H38N4O/c1-4-15-37(16-5-1)41-21-12-22-42(33-41)39-29-31-45(32-30-39)61-50-27-11-10-25-46(50)48-36-53-49(35-51(48)61)54-47(26-14-28-52(54)62-53)57-59-55(40-19-8-3-9-20-40)58-56(60-57)44-24-13-23-43(34-44)38-17-6-2-7-18-38/h1-36,46,50H. The van der Waals surface area contributed by atoms with Crippen molar-refractivity contribution in [1.82, 2.24) is 15.0 Å². The third kappa shape index (κ3) is 6.22. The Kier molecular flexibility index (Phi) is 8.56. The van der Waals surface area contributed by atoms with E-state index in [2.05, 4.69) is 175 Å². The smallest absolute Gasteiger partial charge is 0.164 e. The molecule has 0 N–H and O–H groups in total. The third-order valence-electron chi connectivity index (χ3n) is 12.3. The highest BCUT2D eigenvalue weighted by Crippen LogP contribution is 2.51. The van der Waals surface area contributed by atoms with Crippen LogP contribution in [0.15, 0.2) is 223 Å². The van der Waals surface area contributed by atoms with Crippen LogP contribution in [0.25, 0.3) is 89.5 Å². The minimum atomic E-state index is 0.130. The predicted molar refractivity (Wildman–Crippen MR) is 253 cm³/mol. The molecule has 5 heteroatoms. The molecule has 62 heavy (non-hydrogen) atoms. The van der Waals surface area contributed by atoms with Gasteiger partial charge in [-0.25, -0.2) is 15.0 Å². The third-order valence-corrected chi connectivity index (χ3v) is 12.3. The average Bonchev–Trinajstić information content (AvgIpc) is 3.89. The van der Waals surface area contributed by atoms with E-state index >= 15 is 0 Å². The number of aromatic nitrogens is 3. The molecule has 10 aromatic rings. The van der Waals surface area contributed by atoms with E-state index in [1.165, 1.54) is 33.5 Å². The summed E-state index contributed by atoms with van der Waals surface area (Å²) in [6, 6.07) is 68.2. The summed E-state index contributed by atoms with van der Waals surface area (Å²) in [5, 5.41) is 2.00. The van der Waals surface area contributed by atoms with E-state index in [9.17, 15) is 0 Å². The van der Waals surface area contributed by atoms with E-state index in [4.69, 9.17) is 19.4 Å². The summed E-state index contributed by atoms with van der Waals surface area (Å²) in [7, 11) is 0. The van der Waals surface area contributed by atoms with Crippen LogP contribution in [-0.2, 0) is 0 Å². The van der Waals surface area contributed by atoms with E-state index in [0.717, 1.165) is 55.4 Å². The van der Waals surface area contributed by atoms with Gasteiger partial charge in [-0.2, -0.15) is 0 Å². The second-order valence-electron chi connectivity index (χ2n) is 16.0. The van der Waals surface area contributed by atoms with Crippen LogP contribution in [0.3, 0.4) is 0 Å². The Morgan fingerprint density at radius 3 is 1.61 bits per heavy atom. The summed E-state index contributed by atoms with van der Waals surface area (Å²) >= 11 is 0. The van der Waals surface area contributed by atoms with Crippen LogP contribution in [0.1, 0.15) is 11.5 Å². The number of nitrogens with zero attached hydrogens (tertiary/aromatic N) is 4. The molecule has 0 bridgehead atoms. The summed E-state index contributed by atoms with van der Waals surface area (Å²) in [5.41, 5.74) is 15.0. The first-order chi connectivity index (χ1) is 30.7. The van der Waals surface area contributed by atoms with E-state index in [1.807, 2.05) is 48.5 Å². The number of hydrogen-bond acceptors (Lipinski definition) is 5. The van der Waals surface area contributed by atoms with Crippen LogP contribution in [0.4, 0.5) is 11.4 Å². The highest BCUT2D eigenvalue weighted by atomic mass is 16.3. The number of furan rings is 1. The van der Waals surface area contributed by atoms with Gasteiger partial charge in [-0.1, -0.05) is 176 Å². The van der Waals surface area contributed by atoms with Crippen LogP contribution >= 0.6 is 0 Å². The van der Waals surface area contributed by atoms with Crippen molar-refractivity contribution in [3.05, 3.63) is 224 Å². The summed E-state index contributed by atoms with van der Waals surface area (Å²) < 4.78 is 6.73. The second-order valence-corrected chi connectivity index (χ2v) is 16.0. The van der Waals surface area contributed by atoms with Crippen molar-refractivity contribution in [2.75, 3.05) is 4.90 Å². The van der Waals surface area contributed by atoms with Gasteiger partial charge in [-0.15, -0.1) is 0 Å². The van der Waals surface area contributed by atoms with Gasteiger partial charge in [-0.3, -0.25) is 0 Å². The van der Waals surface area contributed by atoms with Gasteiger partial charge < -0.3 is 9.32 Å². The first-order valence-corrected chi connectivity index (χ1v) is 21.1. The number of fused-ring (bicyclic) bond motifs is 6. The van der Waals surface area contributed by atoms with Crippen molar-refractivity contribution >= 4 is 33.3 Å². The molecule has 1 aliphatic carbocycles. The van der Waals surface area contributed by atoms with Crippen molar-refractivity contribution in [3.63, 3.8) is 0 Å². The zero-order chi connectivity index (χ0) is 41.0. The van der Waals surface area contributed by atoms with Gasteiger partial charge in [0.1, 0.15) is 11.2 Å². The highest BCUT2D eigenvalue weighted by molar-refractivity contribution is 6.13. The van der Waals surface area contributed by atoms with E-state index < -0.39 is 0 Å². The fraction of sp³-hybridized carbons (Fsp3) is 0.0351. The van der Waals surface area contributed by atoms with E-state index in [1.54, 1.807) is 0 Å². The van der Waals surface area contributed by atoms with Gasteiger partial charge in [0.25, 0.3) is 0 Å². The molecule has 1 aliphatic heterocycles. The maximum atomic E-state index is 6.73. The lowest BCUT2D eigenvalue weighted by Crippen LogP contribution is -2.28. The molecule has 0 radical (unpaired) electrons. The number of anilines is 2. The fourth-order valence-electron chi connectivity index (χ4n) is 9.27. The van der Waals surface area contributed by atoms with Crippen molar-refractivity contribution in [2.45, 2.75) is 12.0 Å². The Morgan fingerprint density at radius 1 is 0.403 bits per heavy atom. The highest BCUT2D eigenvalue weighted by Gasteiger charge is 2.38. The van der Waals surface area contributed by atoms with Crippen LogP contribution in [0.2, 0.25) is 0 Å². The maximum absolute atomic E-state index is 6.73. The Bertz CT molecular complexity index is 3350. The number of hydrogen-bond donors (Lipinski definition) is 0. The number of allylic oxidation sites excluding steroid dienone is 2. The minimum Gasteiger partial charge on any atom is -0.456 e. The summed E-state index contributed by atoms with van der Waals surface area (Å²) in [4.78, 5) is 18.0. The molecule has 8 aromatic carbocycles. The molecule has 2 aromatic heterocycles. The van der Waals surface area contributed by atoms with Crippen molar-refractivity contribution in [1.29, 1.82) is 0 Å². The van der Waals surface area contributed by atoms with Gasteiger partial charge in [0.15, 0.2) is 17.5 Å². The van der Waals surface area contributed by atoms with Crippen molar-refractivity contribution in [3.8, 4) is 67.5 Å². The van der Waals surface area contributed by atoms with E-state index in [0.29, 0.717) is 17.5 Å². The Labute approximate surface area is 359 Å². The molecule has 292 valence electrons. The summed E-state index contributed by atoms with van der Waals surface area (Å²) in [6.07, 6.45) is 8.96. The van der Waals surface area contributed by atoms with Gasteiger partial charge in [0, 0.05) is 44.8 Å². The van der Waals surface area contributed by atoms with Crippen molar-refractivity contribution in [2.24, 2.45) is 0 Å². The molecular weight excluding hydrogens is 757 g/mol. The Balaban J connectivity index is 0.986. The molecule has 0 saturated carbocycles. The lowest BCUT2D eigenvalue weighted by atomic mass is 9.91. The Morgan fingerprint density at radius 2 is 0.935 bits per heavy atom. The molecule has 0 spiro atoms. The van der Waals surface area contributed by atoms with Crippen LogP contribution in [0.5, 0.6) is 0 Å². The van der Waals surface area contributed by atoms with Crippen molar-refractivity contribution < 1.29 is 4.42 Å². The molecule has 3 heterocycles. The molecular formula is C57H38N4O. The lowest BCUT2D eigenvalue weighted by molar-refractivity contribution is 0.667. The van der Waals surface area contributed by atoms with Crippen LogP contribution in [-0.4, -0.2) is 21.0 Å². The van der Waals surface area contributed by atoms with Gasteiger partial charge in [-0.05, 0) is 81.4 Å². The maximum Gasteiger partial charge on any atom is 0.164 e. The quantitative estimate of drug-likeness (QED) is 0.161. The molecule has 12 rings (SSSR count). The fourth-order valence-corrected chi connectivity index (χ4v) is 9.27. The monoisotopic (exact) mass is 794 g/mol. The molecule has 5 nitrogen and oxygen atoms in total. The number of benzene rings is 8. The van der Waals surface area contributed by atoms with Gasteiger partial charge in [0.05, 0.1) is 6.04 Å². The largest absolute Gasteiger partial charge is 0.456 e. The first-order valence-electron chi connectivity index (χ1n) is 21.1. The zero-order valence-corrected chi connectivity index (χ0v) is 33.6. The molecule has 0 saturated heterocycles. The lowest BCUT2D eigenvalue weighted by Gasteiger charge is -2.29. The normalized spacial score (nSPS) is 15.3. The molecule has 0 amide bonds. The Hall–Kier alpha value is -8.15. The molecule has 2 unspecified atom stereocenters. The summed E-state index contributed by atoms with van der Waals surface area (Å²) in [5.74, 6) is 2.00. The topological polar surface area (TPSA) is 55.1 Å². The minimum absolute atomic E-state index is 0.130. The van der Waals surface area contributed by atoms with Crippen LogP contribution in [0, 0.1) is 0 Å². The molecule has 0 fully saturated rings. The van der Waals surface area contributed by atoms with E-state index in [-0.39, 0.29) is 12.0 Å². The second kappa shape index (κ2) is 14.8. The molecule has 2 atom stereocenters. The zero-order valence-electron chi connectivity index (χ0n) is 33.6. The summed E-state index contributed by atoms with van der Waals surface area (Å²) in [6.45, 7) is 0. The van der Waals surface area contributed by atoms with Crippen LogP contribution < -0.4 is 4.90 Å². The SMILES string of the molecule is C1=CC2c3cc4oc5cccc(-c6nc(-c7ccccc7)nc(-c7cccc(-c8ccccc8)c7)n6)c5c4cc3N(c3ccc(-c4cccc(-c5ccccc5)c4)cc3)C2C=C1. The predicted octanol–water partition coefficient (Wildman–Crippen LogP) is 14.5. The molecule has 2 aliphatic rings.